The molecule has 0 radical (unpaired) electrons. The molecule has 4 nitrogen and oxygen atoms in total. The van der Waals surface area contributed by atoms with Gasteiger partial charge in [0.15, 0.2) is 0 Å². The van der Waals surface area contributed by atoms with E-state index in [1.54, 1.807) is 12.1 Å². The van der Waals surface area contributed by atoms with Gasteiger partial charge in [-0.2, -0.15) is 4.39 Å². The van der Waals surface area contributed by atoms with E-state index in [1.807, 2.05) is 18.2 Å². The fraction of sp³-hybridized carbons (Fsp3) is 0.621. The van der Waals surface area contributed by atoms with Crippen LogP contribution in [0.5, 0.6) is 0 Å². The van der Waals surface area contributed by atoms with Crippen molar-refractivity contribution in [3.8, 4) is 0 Å². The highest BCUT2D eigenvalue weighted by molar-refractivity contribution is 5.73. The number of benzene rings is 3. The van der Waals surface area contributed by atoms with E-state index in [-0.39, 0.29) is 0 Å². The Balaban J connectivity index is 1.38. The molecular weight excluding hydrogens is 776 g/mol. The standard InChI is InChI=1S/C58H89FN2O2/c1-3-5-7-9-11-13-15-17-19-21-23-25-27-29-31-33-49-60(50-34-32-30-28-26-24-22-20-18-16-14-12-10-8-6-4-2)56-46-43-54(44-47-56)40-39-52-35-37-53(38-36-52)41-42-55-45-48-58(61(62)63)57(59)51-55/h35-48,51H,3-34,49-50H2,1-2H3. The minimum absolute atomic E-state index is 0.508. The molecule has 0 aliphatic heterocycles. The number of rotatable bonds is 40. The van der Waals surface area contributed by atoms with Crippen LogP contribution in [-0.2, 0) is 0 Å². The third kappa shape index (κ3) is 26.6. The van der Waals surface area contributed by atoms with Crippen LogP contribution in [-0.4, -0.2) is 18.0 Å². The van der Waals surface area contributed by atoms with Gasteiger partial charge >= 0.3 is 5.69 Å². The molecule has 0 saturated heterocycles. The Kier molecular flexibility index (Phi) is 31.1. The van der Waals surface area contributed by atoms with Crippen molar-refractivity contribution in [2.24, 2.45) is 0 Å². The Hall–Kier alpha value is -3.73. The molecule has 0 fully saturated rings. The first-order valence-corrected chi connectivity index (χ1v) is 26.3. The molecule has 0 aromatic heterocycles. The van der Waals surface area contributed by atoms with Crippen molar-refractivity contribution in [1.29, 1.82) is 0 Å². The summed E-state index contributed by atoms with van der Waals surface area (Å²) >= 11 is 0. The molecule has 0 unspecified atom stereocenters. The maximum absolute atomic E-state index is 14.0. The summed E-state index contributed by atoms with van der Waals surface area (Å²) in [5.41, 5.74) is 4.69. The zero-order chi connectivity index (χ0) is 44.8. The van der Waals surface area contributed by atoms with E-state index >= 15 is 0 Å². The molecule has 3 aromatic carbocycles. The van der Waals surface area contributed by atoms with E-state index in [9.17, 15) is 14.5 Å². The van der Waals surface area contributed by atoms with Crippen molar-refractivity contribution in [1.82, 2.24) is 0 Å². The quantitative estimate of drug-likeness (QED) is 0.0248. The molecule has 63 heavy (non-hydrogen) atoms. The first kappa shape index (κ1) is 53.6. The number of nitrogens with zero attached hydrogens (tertiary/aromatic N) is 2. The number of nitro groups is 1. The molecule has 0 heterocycles. The zero-order valence-corrected chi connectivity index (χ0v) is 40.3. The molecule has 0 aliphatic carbocycles. The second-order valence-corrected chi connectivity index (χ2v) is 18.5. The maximum Gasteiger partial charge on any atom is 0.304 e. The first-order chi connectivity index (χ1) is 31.0. The summed E-state index contributed by atoms with van der Waals surface area (Å²) < 4.78 is 14.0. The summed E-state index contributed by atoms with van der Waals surface area (Å²) in [5.74, 6) is -0.825. The normalized spacial score (nSPS) is 11.7. The zero-order valence-electron chi connectivity index (χ0n) is 40.3. The minimum atomic E-state index is -0.825. The summed E-state index contributed by atoms with van der Waals surface area (Å²) in [6.45, 7) is 6.89. The van der Waals surface area contributed by atoms with Gasteiger partial charge in [-0.3, -0.25) is 10.1 Å². The van der Waals surface area contributed by atoms with Crippen LogP contribution in [0.3, 0.4) is 0 Å². The van der Waals surface area contributed by atoms with Gasteiger partial charge < -0.3 is 4.90 Å². The van der Waals surface area contributed by atoms with Gasteiger partial charge in [0.1, 0.15) is 0 Å². The van der Waals surface area contributed by atoms with Gasteiger partial charge in [-0.25, -0.2) is 0 Å². The van der Waals surface area contributed by atoms with Crippen molar-refractivity contribution in [3.63, 3.8) is 0 Å². The van der Waals surface area contributed by atoms with Crippen molar-refractivity contribution < 1.29 is 9.31 Å². The van der Waals surface area contributed by atoms with Crippen molar-refractivity contribution in [3.05, 3.63) is 105 Å². The lowest BCUT2D eigenvalue weighted by molar-refractivity contribution is -0.387. The molecule has 0 spiro atoms. The average Bonchev–Trinajstić information content (AvgIpc) is 3.29. The van der Waals surface area contributed by atoms with Crippen LogP contribution in [0.2, 0.25) is 0 Å². The van der Waals surface area contributed by atoms with Crippen LogP contribution < -0.4 is 4.90 Å². The molecular formula is C58H89FN2O2. The highest BCUT2D eigenvalue weighted by Crippen LogP contribution is 2.23. The lowest BCUT2D eigenvalue weighted by atomic mass is 10.0. The molecule has 0 bridgehead atoms. The summed E-state index contributed by atoms with van der Waals surface area (Å²) in [4.78, 5) is 12.9. The number of nitro benzene ring substituents is 1. The minimum Gasteiger partial charge on any atom is -0.372 e. The van der Waals surface area contributed by atoms with E-state index in [2.05, 4.69) is 67.3 Å². The second-order valence-electron chi connectivity index (χ2n) is 18.5. The van der Waals surface area contributed by atoms with Crippen molar-refractivity contribution >= 4 is 35.7 Å². The Bertz CT molecular complexity index is 1580. The lowest BCUT2D eigenvalue weighted by Crippen LogP contribution is -2.25. The Morgan fingerprint density at radius 1 is 0.413 bits per heavy atom. The average molecular weight is 865 g/mol. The van der Waals surface area contributed by atoms with Gasteiger partial charge in [-0.15, -0.1) is 0 Å². The molecule has 3 rings (SSSR count). The van der Waals surface area contributed by atoms with Gasteiger partial charge in [0.2, 0.25) is 5.82 Å². The highest BCUT2D eigenvalue weighted by atomic mass is 19.1. The maximum atomic E-state index is 14.0. The van der Waals surface area contributed by atoms with E-state index in [4.69, 9.17) is 0 Å². The van der Waals surface area contributed by atoms with E-state index in [0.29, 0.717) is 5.56 Å². The molecule has 0 N–H and O–H groups in total. The topological polar surface area (TPSA) is 46.4 Å². The predicted octanol–water partition coefficient (Wildman–Crippen LogP) is 19.4. The molecule has 0 aliphatic rings. The summed E-state index contributed by atoms with van der Waals surface area (Å²) in [6.07, 6.45) is 52.9. The smallest absolute Gasteiger partial charge is 0.304 e. The molecule has 3 aromatic rings. The summed E-state index contributed by atoms with van der Waals surface area (Å²) in [6, 6.07) is 21.3. The highest BCUT2D eigenvalue weighted by Gasteiger charge is 2.13. The predicted molar refractivity (Wildman–Crippen MR) is 275 cm³/mol. The third-order valence-corrected chi connectivity index (χ3v) is 12.9. The first-order valence-electron chi connectivity index (χ1n) is 26.3. The molecule has 0 saturated carbocycles. The van der Waals surface area contributed by atoms with Crippen LogP contribution in [0.25, 0.3) is 24.3 Å². The summed E-state index contributed by atoms with van der Waals surface area (Å²) in [5, 5.41) is 10.9. The third-order valence-electron chi connectivity index (χ3n) is 12.9. The van der Waals surface area contributed by atoms with Gasteiger partial charge in [-0.05, 0) is 59.4 Å². The fourth-order valence-electron chi connectivity index (χ4n) is 8.75. The molecule has 0 atom stereocenters. The number of hydrogen-bond acceptors (Lipinski definition) is 3. The lowest BCUT2D eigenvalue weighted by Gasteiger charge is -2.25. The number of halogens is 1. The van der Waals surface area contributed by atoms with Crippen LogP contribution in [0, 0.1) is 15.9 Å². The van der Waals surface area contributed by atoms with E-state index < -0.39 is 16.4 Å². The van der Waals surface area contributed by atoms with Gasteiger partial charge in [0.25, 0.3) is 0 Å². The van der Waals surface area contributed by atoms with Crippen LogP contribution in [0.4, 0.5) is 15.8 Å². The van der Waals surface area contributed by atoms with Gasteiger partial charge in [0, 0.05) is 24.8 Å². The van der Waals surface area contributed by atoms with Crippen molar-refractivity contribution in [2.75, 3.05) is 18.0 Å². The molecule has 0 amide bonds. The largest absolute Gasteiger partial charge is 0.372 e. The Morgan fingerprint density at radius 3 is 0.984 bits per heavy atom. The molecule has 350 valence electrons. The Labute approximate surface area is 385 Å². The Morgan fingerprint density at radius 2 is 0.683 bits per heavy atom. The number of anilines is 1. The monoisotopic (exact) mass is 865 g/mol. The second kappa shape index (κ2) is 36.6. The van der Waals surface area contributed by atoms with Crippen molar-refractivity contribution in [2.45, 2.75) is 219 Å². The SMILES string of the molecule is CCCCCCCCCCCCCCCCCCN(CCCCCCCCCCCCCCCCCC)c1ccc(C=Cc2ccc(C=Cc3ccc([N+](=O)[O-])c(F)c3)cc2)cc1. The number of hydrogen-bond donors (Lipinski definition) is 0. The van der Waals surface area contributed by atoms with Crippen LogP contribution in [0.15, 0.2) is 66.7 Å². The van der Waals surface area contributed by atoms with Crippen LogP contribution >= 0.6 is 0 Å². The van der Waals surface area contributed by atoms with Gasteiger partial charge in [-0.1, -0.05) is 267 Å². The van der Waals surface area contributed by atoms with E-state index in [0.717, 1.165) is 24.2 Å². The van der Waals surface area contributed by atoms with Crippen LogP contribution in [0.1, 0.15) is 242 Å². The molecule has 5 heteroatoms. The van der Waals surface area contributed by atoms with Gasteiger partial charge in [0.05, 0.1) is 4.92 Å². The number of unbranched alkanes of at least 4 members (excludes halogenated alkanes) is 30. The fourth-order valence-corrected chi connectivity index (χ4v) is 8.75. The summed E-state index contributed by atoms with van der Waals surface area (Å²) in [7, 11) is 0. The van der Waals surface area contributed by atoms with E-state index in [1.165, 1.54) is 229 Å².